The fourth-order valence-corrected chi connectivity index (χ4v) is 3.70. The van der Waals surface area contributed by atoms with Crippen molar-refractivity contribution in [3.8, 4) is 0 Å². The third-order valence-corrected chi connectivity index (χ3v) is 5.02. The van der Waals surface area contributed by atoms with Gasteiger partial charge in [0, 0.05) is 17.3 Å². The number of thioether (sulfide) groups is 2. The number of rotatable bonds is 6. The SMILES string of the molecule is CSCC[C@H](C)NC(=O)N[C@@H]1CCC[C@@H]1SC. The molecule has 1 fully saturated rings. The Hall–Kier alpha value is -0.0300. The largest absolute Gasteiger partial charge is 0.336 e. The second-order valence-electron chi connectivity index (χ2n) is 4.61. The van der Waals surface area contributed by atoms with Crippen LogP contribution < -0.4 is 10.6 Å². The van der Waals surface area contributed by atoms with Crippen LogP contribution in [0.15, 0.2) is 0 Å². The number of urea groups is 1. The van der Waals surface area contributed by atoms with Gasteiger partial charge in [-0.05, 0) is 44.5 Å². The molecular formula is C12H24N2OS2. The summed E-state index contributed by atoms with van der Waals surface area (Å²) < 4.78 is 0. The number of carbonyl (C=O) groups excluding carboxylic acids is 1. The fourth-order valence-electron chi connectivity index (χ4n) is 2.17. The lowest BCUT2D eigenvalue weighted by Gasteiger charge is -2.21. The maximum atomic E-state index is 11.8. The number of nitrogens with one attached hydrogen (secondary N) is 2. The topological polar surface area (TPSA) is 41.1 Å². The summed E-state index contributed by atoms with van der Waals surface area (Å²) in [6.07, 6.45) is 8.84. The van der Waals surface area contributed by atoms with Crippen molar-refractivity contribution in [1.29, 1.82) is 0 Å². The molecule has 2 amide bonds. The van der Waals surface area contributed by atoms with E-state index in [0.717, 1.165) is 18.6 Å². The first-order chi connectivity index (χ1) is 8.17. The van der Waals surface area contributed by atoms with E-state index in [9.17, 15) is 4.79 Å². The summed E-state index contributed by atoms with van der Waals surface area (Å²) >= 11 is 3.69. The highest BCUT2D eigenvalue weighted by Crippen LogP contribution is 2.28. The highest BCUT2D eigenvalue weighted by atomic mass is 32.2. The van der Waals surface area contributed by atoms with E-state index < -0.39 is 0 Å². The zero-order valence-electron chi connectivity index (χ0n) is 11.0. The lowest BCUT2D eigenvalue weighted by molar-refractivity contribution is 0.234. The van der Waals surface area contributed by atoms with Crippen molar-refractivity contribution in [1.82, 2.24) is 10.6 Å². The van der Waals surface area contributed by atoms with Gasteiger partial charge < -0.3 is 10.6 Å². The van der Waals surface area contributed by atoms with Crippen LogP contribution in [-0.2, 0) is 0 Å². The van der Waals surface area contributed by atoms with E-state index in [4.69, 9.17) is 0 Å². The van der Waals surface area contributed by atoms with Crippen LogP contribution >= 0.6 is 23.5 Å². The molecule has 3 nitrogen and oxygen atoms in total. The summed E-state index contributed by atoms with van der Waals surface area (Å²) in [6, 6.07) is 0.624. The van der Waals surface area contributed by atoms with Crippen LogP contribution in [0.1, 0.15) is 32.6 Å². The van der Waals surface area contributed by atoms with Gasteiger partial charge in [0.2, 0.25) is 0 Å². The van der Waals surface area contributed by atoms with Crippen molar-refractivity contribution >= 4 is 29.6 Å². The molecule has 2 N–H and O–H groups in total. The van der Waals surface area contributed by atoms with Crippen molar-refractivity contribution in [3.63, 3.8) is 0 Å². The second kappa shape index (κ2) is 8.14. The monoisotopic (exact) mass is 276 g/mol. The molecule has 0 unspecified atom stereocenters. The molecule has 0 bridgehead atoms. The Bertz CT molecular complexity index is 239. The highest BCUT2D eigenvalue weighted by Gasteiger charge is 2.27. The van der Waals surface area contributed by atoms with Crippen molar-refractivity contribution < 1.29 is 4.79 Å². The Labute approximate surface area is 113 Å². The van der Waals surface area contributed by atoms with Gasteiger partial charge in [0.25, 0.3) is 0 Å². The molecule has 17 heavy (non-hydrogen) atoms. The third-order valence-electron chi connectivity index (χ3n) is 3.20. The fraction of sp³-hybridized carbons (Fsp3) is 0.917. The van der Waals surface area contributed by atoms with Crippen molar-refractivity contribution in [2.24, 2.45) is 0 Å². The molecule has 1 rings (SSSR count). The molecule has 1 aliphatic carbocycles. The Morgan fingerprint density at radius 2 is 2.18 bits per heavy atom. The van der Waals surface area contributed by atoms with E-state index in [1.807, 2.05) is 23.5 Å². The van der Waals surface area contributed by atoms with E-state index in [1.54, 1.807) is 0 Å². The van der Waals surface area contributed by atoms with Gasteiger partial charge in [0.15, 0.2) is 0 Å². The van der Waals surface area contributed by atoms with Crippen LogP contribution in [-0.4, -0.2) is 41.6 Å². The Balaban J connectivity index is 2.24. The van der Waals surface area contributed by atoms with Crippen LogP contribution in [0.4, 0.5) is 4.79 Å². The standard InChI is InChI=1S/C12H24N2OS2/c1-9(7-8-16-2)13-12(15)14-10-5-4-6-11(10)17-3/h9-11H,4-8H2,1-3H3,(H2,13,14,15)/t9-,10+,11-/m0/s1. The highest BCUT2D eigenvalue weighted by molar-refractivity contribution is 7.99. The molecule has 3 atom stereocenters. The maximum Gasteiger partial charge on any atom is 0.315 e. The molecule has 1 aliphatic rings. The lowest BCUT2D eigenvalue weighted by Crippen LogP contribution is -2.47. The Morgan fingerprint density at radius 3 is 2.82 bits per heavy atom. The Morgan fingerprint density at radius 1 is 1.41 bits per heavy atom. The van der Waals surface area contributed by atoms with Gasteiger partial charge in [-0.25, -0.2) is 4.79 Å². The summed E-state index contributed by atoms with van der Waals surface area (Å²) in [7, 11) is 0. The molecule has 0 heterocycles. The quantitative estimate of drug-likeness (QED) is 0.784. The number of hydrogen-bond donors (Lipinski definition) is 2. The molecule has 0 aromatic heterocycles. The van der Waals surface area contributed by atoms with Crippen molar-refractivity contribution in [2.75, 3.05) is 18.3 Å². The first kappa shape index (κ1) is 15.0. The number of amides is 2. The van der Waals surface area contributed by atoms with Crippen molar-refractivity contribution in [2.45, 2.75) is 49.9 Å². The van der Waals surface area contributed by atoms with Gasteiger partial charge in [-0.15, -0.1) is 0 Å². The van der Waals surface area contributed by atoms with E-state index in [0.29, 0.717) is 11.3 Å². The summed E-state index contributed by atoms with van der Waals surface area (Å²) in [5.74, 6) is 1.10. The minimum Gasteiger partial charge on any atom is -0.336 e. The van der Waals surface area contributed by atoms with E-state index in [2.05, 4.69) is 30.1 Å². The van der Waals surface area contributed by atoms with Gasteiger partial charge >= 0.3 is 6.03 Å². The van der Waals surface area contributed by atoms with Crippen LogP contribution in [0.5, 0.6) is 0 Å². The van der Waals surface area contributed by atoms with Gasteiger partial charge in [-0.3, -0.25) is 0 Å². The molecule has 0 spiro atoms. The van der Waals surface area contributed by atoms with Crippen LogP contribution in [0, 0.1) is 0 Å². The van der Waals surface area contributed by atoms with Gasteiger partial charge in [0.1, 0.15) is 0 Å². The normalized spacial score (nSPS) is 25.6. The molecule has 1 saturated carbocycles. The molecule has 5 heteroatoms. The molecule has 0 radical (unpaired) electrons. The average Bonchev–Trinajstić information content (AvgIpc) is 2.73. The summed E-state index contributed by atoms with van der Waals surface area (Å²) in [5, 5.41) is 6.72. The summed E-state index contributed by atoms with van der Waals surface area (Å²) in [5.41, 5.74) is 0. The second-order valence-corrected chi connectivity index (χ2v) is 6.67. The van der Waals surface area contributed by atoms with Crippen LogP contribution in [0.2, 0.25) is 0 Å². The molecular weight excluding hydrogens is 252 g/mol. The van der Waals surface area contributed by atoms with Crippen LogP contribution in [0.25, 0.3) is 0 Å². The number of hydrogen-bond acceptors (Lipinski definition) is 3. The minimum absolute atomic E-state index is 0.00422. The first-order valence-electron chi connectivity index (χ1n) is 6.26. The average molecular weight is 276 g/mol. The summed E-state index contributed by atoms with van der Waals surface area (Å²) in [4.78, 5) is 11.8. The molecule has 0 saturated heterocycles. The van der Waals surface area contributed by atoms with E-state index in [-0.39, 0.29) is 12.1 Å². The van der Waals surface area contributed by atoms with Gasteiger partial charge in [0.05, 0.1) is 0 Å². The van der Waals surface area contributed by atoms with Crippen LogP contribution in [0.3, 0.4) is 0 Å². The first-order valence-corrected chi connectivity index (χ1v) is 8.94. The Kier molecular flexibility index (Phi) is 7.19. The third kappa shape index (κ3) is 5.42. The van der Waals surface area contributed by atoms with E-state index in [1.165, 1.54) is 12.8 Å². The molecule has 0 aromatic rings. The lowest BCUT2D eigenvalue weighted by atomic mass is 10.2. The predicted octanol–water partition coefficient (Wildman–Crippen LogP) is 2.71. The molecule has 0 aliphatic heterocycles. The summed E-state index contributed by atoms with van der Waals surface area (Å²) in [6.45, 7) is 2.07. The van der Waals surface area contributed by atoms with E-state index >= 15 is 0 Å². The van der Waals surface area contributed by atoms with Gasteiger partial charge in [-0.1, -0.05) is 6.42 Å². The molecule has 0 aromatic carbocycles. The molecule has 100 valence electrons. The number of carbonyl (C=O) groups is 1. The zero-order valence-corrected chi connectivity index (χ0v) is 12.6. The predicted molar refractivity (Wildman–Crippen MR) is 79.1 cm³/mol. The zero-order chi connectivity index (χ0) is 12.7. The maximum absolute atomic E-state index is 11.8. The smallest absolute Gasteiger partial charge is 0.315 e. The minimum atomic E-state index is 0.00422. The van der Waals surface area contributed by atoms with Crippen molar-refractivity contribution in [3.05, 3.63) is 0 Å². The van der Waals surface area contributed by atoms with Gasteiger partial charge in [-0.2, -0.15) is 23.5 Å².